The van der Waals surface area contributed by atoms with Crippen LogP contribution in [-0.2, 0) is 13.0 Å². The molecule has 8 heteroatoms. The number of amides is 1. The fourth-order valence-electron chi connectivity index (χ4n) is 3.85. The fraction of sp³-hybridized carbons (Fsp3) is 0.200. The fourth-order valence-corrected chi connectivity index (χ4v) is 4.79. The zero-order valence-electron chi connectivity index (χ0n) is 18.4. The lowest BCUT2D eigenvalue weighted by atomic mass is 10.1. The van der Waals surface area contributed by atoms with Gasteiger partial charge in [-0.2, -0.15) is 5.10 Å². The topological polar surface area (TPSA) is 85.8 Å². The van der Waals surface area contributed by atoms with E-state index in [2.05, 4.69) is 15.4 Å². The Morgan fingerprint density at radius 3 is 2.70 bits per heavy atom. The second kappa shape index (κ2) is 8.99. The normalized spacial score (nSPS) is 11.2. The van der Waals surface area contributed by atoms with Crippen LogP contribution in [0.25, 0.3) is 22.3 Å². The van der Waals surface area contributed by atoms with E-state index in [1.165, 1.54) is 4.88 Å². The van der Waals surface area contributed by atoms with E-state index in [9.17, 15) is 4.79 Å². The summed E-state index contributed by atoms with van der Waals surface area (Å²) in [4.78, 5) is 23.7. The van der Waals surface area contributed by atoms with Crippen LogP contribution in [0, 0.1) is 13.8 Å². The van der Waals surface area contributed by atoms with E-state index in [1.807, 2.05) is 62.4 Å². The summed E-state index contributed by atoms with van der Waals surface area (Å²) in [5.41, 5.74) is 3.90. The number of aryl methyl sites for hydroxylation is 2. The summed E-state index contributed by atoms with van der Waals surface area (Å²) in [6, 6.07) is 15.4. The molecule has 0 spiro atoms. The van der Waals surface area contributed by atoms with Gasteiger partial charge in [-0.3, -0.25) is 4.79 Å². The number of thiazole rings is 1. The van der Waals surface area contributed by atoms with Crippen LogP contribution in [0.2, 0.25) is 0 Å². The molecule has 4 aromatic heterocycles. The van der Waals surface area contributed by atoms with Crippen molar-refractivity contribution in [3.63, 3.8) is 0 Å². The molecule has 7 nitrogen and oxygen atoms in total. The Morgan fingerprint density at radius 1 is 1.12 bits per heavy atom. The van der Waals surface area contributed by atoms with Crippen molar-refractivity contribution in [1.82, 2.24) is 25.1 Å². The molecule has 5 rings (SSSR count). The number of hydrogen-bond donors (Lipinski definition) is 1. The van der Waals surface area contributed by atoms with Crippen molar-refractivity contribution in [3.8, 4) is 11.3 Å². The average Bonchev–Trinajstić information content (AvgIpc) is 3.55. The van der Waals surface area contributed by atoms with Gasteiger partial charge in [-0.1, -0.05) is 30.3 Å². The Bertz CT molecular complexity index is 1400. The summed E-state index contributed by atoms with van der Waals surface area (Å²) in [5.74, 6) is 0.629. The SMILES string of the molecule is Cc1nc(C)c(CCNC(=O)c2cc(-c3ccccc3)nc3c2cnn3Cc2ccco2)s1. The Kier molecular flexibility index (Phi) is 5.75. The second-order valence-corrected chi connectivity index (χ2v) is 9.08. The first kappa shape index (κ1) is 21.1. The average molecular weight is 458 g/mol. The molecule has 1 amide bonds. The van der Waals surface area contributed by atoms with Gasteiger partial charge in [0.05, 0.1) is 39.8 Å². The molecule has 0 radical (unpaired) electrons. The van der Waals surface area contributed by atoms with Gasteiger partial charge in [-0.15, -0.1) is 11.3 Å². The van der Waals surface area contributed by atoms with Crippen molar-refractivity contribution < 1.29 is 9.21 Å². The summed E-state index contributed by atoms with van der Waals surface area (Å²) >= 11 is 1.67. The van der Waals surface area contributed by atoms with Gasteiger partial charge < -0.3 is 9.73 Å². The molecule has 0 atom stereocenters. The van der Waals surface area contributed by atoms with Crippen LogP contribution < -0.4 is 5.32 Å². The quantitative estimate of drug-likeness (QED) is 0.380. The first-order chi connectivity index (χ1) is 16.1. The van der Waals surface area contributed by atoms with Crippen molar-refractivity contribution in [2.45, 2.75) is 26.8 Å². The highest BCUT2D eigenvalue weighted by Crippen LogP contribution is 2.25. The lowest BCUT2D eigenvalue weighted by Gasteiger charge is -2.09. The van der Waals surface area contributed by atoms with E-state index >= 15 is 0 Å². The van der Waals surface area contributed by atoms with E-state index in [0.717, 1.165) is 34.1 Å². The number of benzene rings is 1. The number of carbonyl (C=O) groups is 1. The van der Waals surface area contributed by atoms with Crippen molar-refractivity contribution in [1.29, 1.82) is 0 Å². The number of furan rings is 1. The van der Waals surface area contributed by atoms with Crippen LogP contribution in [-0.4, -0.2) is 32.2 Å². The molecule has 0 saturated carbocycles. The standard InChI is InChI=1S/C25H23N5O2S/c1-16-23(33-17(2)28-16)10-11-26-25(31)20-13-22(18-7-4-3-5-8-18)29-24-21(20)14-27-30(24)15-19-9-6-12-32-19/h3-9,12-14H,10-11,15H2,1-2H3,(H,26,31). The minimum atomic E-state index is -0.143. The predicted molar refractivity (Wildman–Crippen MR) is 128 cm³/mol. The summed E-state index contributed by atoms with van der Waals surface area (Å²) in [5, 5.41) is 9.32. The number of carbonyl (C=O) groups excluding carboxylic acids is 1. The zero-order chi connectivity index (χ0) is 22.8. The maximum Gasteiger partial charge on any atom is 0.252 e. The predicted octanol–water partition coefficient (Wildman–Crippen LogP) is 4.79. The highest BCUT2D eigenvalue weighted by atomic mass is 32.1. The lowest BCUT2D eigenvalue weighted by molar-refractivity contribution is 0.0956. The van der Waals surface area contributed by atoms with Crippen LogP contribution in [0.1, 0.15) is 31.7 Å². The molecule has 1 N–H and O–H groups in total. The number of fused-ring (bicyclic) bond motifs is 1. The third-order valence-corrected chi connectivity index (χ3v) is 6.58. The highest BCUT2D eigenvalue weighted by Gasteiger charge is 2.18. The number of nitrogens with one attached hydrogen (secondary N) is 1. The highest BCUT2D eigenvalue weighted by molar-refractivity contribution is 7.11. The van der Waals surface area contributed by atoms with Gasteiger partial charge in [0.2, 0.25) is 0 Å². The number of nitrogens with zero attached hydrogens (tertiary/aromatic N) is 4. The van der Waals surface area contributed by atoms with Gasteiger partial charge in [0.1, 0.15) is 12.3 Å². The van der Waals surface area contributed by atoms with Crippen molar-refractivity contribution in [2.75, 3.05) is 6.54 Å². The Hall–Kier alpha value is -3.78. The van der Waals surface area contributed by atoms with Gasteiger partial charge in [0.25, 0.3) is 5.91 Å². The molecule has 0 saturated heterocycles. The number of pyridine rings is 1. The zero-order valence-corrected chi connectivity index (χ0v) is 19.2. The molecule has 0 aliphatic heterocycles. The van der Waals surface area contributed by atoms with Gasteiger partial charge in [-0.25, -0.2) is 14.6 Å². The Balaban J connectivity index is 1.47. The summed E-state index contributed by atoms with van der Waals surface area (Å²) in [7, 11) is 0. The molecule has 166 valence electrons. The molecule has 4 heterocycles. The van der Waals surface area contributed by atoms with Crippen LogP contribution >= 0.6 is 11.3 Å². The number of aromatic nitrogens is 4. The lowest BCUT2D eigenvalue weighted by Crippen LogP contribution is -2.26. The van der Waals surface area contributed by atoms with Crippen LogP contribution in [0.5, 0.6) is 0 Å². The van der Waals surface area contributed by atoms with Crippen LogP contribution in [0.15, 0.2) is 65.4 Å². The minimum absolute atomic E-state index is 0.143. The van der Waals surface area contributed by atoms with Gasteiger partial charge in [-0.05, 0) is 32.0 Å². The van der Waals surface area contributed by atoms with Gasteiger partial charge in [0.15, 0.2) is 5.65 Å². The van der Waals surface area contributed by atoms with E-state index in [1.54, 1.807) is 28.5 Å². The molecule has 0 unspecified atom stereocenters. The maximum atomic E-state index is 13.2. The molecule has 5 aromatic rings. The largest absolute Gasteiger partial charge is 0.467 e. The molecule has 33 heavy (non-hydrogen) atoms. The van der Waals surface area contributed by atoms with Crippen molar-refractivity contribution in [3.05, 3.63) is 87.9 Å². The first-order valence-electron chi connectivity index (χ1n) is 10.7. The van der Waals surface area contributed by atoms with E-state index in [4.69, 9.17) is 9.40 Å². The molecule has 0 aliphatic carbocycles. The monoisotopic (exact) mass is 457 g/mol. The Morgan fingerprint density at radius 2 is 1.97 bits per heavy atom. The molecular formula is C25H23N5O2S. The molecule has 1 aromatic carbocycles. The smallest absolute Gasteiger partial charge is 0.252 e. The maximum absolute atomic E-state index is 13.2. The summed E-state index contributed by atoms with van der Waals surface area (Å²) < 4.78 is 7.25. The van der Waals surface area contributed by atoms with E-state index in [0.29, 0.717) is 29.7 Å². The summed E-state index contributed by atoms with van der Waals surface area (Å²) in [6.07, 6.45) is 4.08. The third-order valence-electron chi connectivity index (χ3n) is 5.45. The second-order valence-electron chi connectivity index (χ2n) is 7.79. The molecule has 0 fully saturated rings. The number of hydrogen-bond acceptors (Lipinski definition) is 6. The molecule has 0 aliphatic rings. The van der Waals surface area contributed by atoms with E-state index in [-0.39, 0.29) is 5.91 Å². The molecular weight excluding hydrogens is 434 g/mol. The minimum Gasteiger partial charge on any atom is -0.467 e. The van der Waals surface area contributed by atoms with Gasteiger partial charge in [0, 0.05) is 23.4 Å². The van der Waals surface area contributed by atoms with Crippen molar-refractivity contribution >= 4 is 28.3 Å². The van der Waals surface area contributed by atoms with Crippen molar-refractivity contribution in [2.24, 2.45) is 0 Å². The van der Waals surface area contributed by atoms with Crippen LogP contribution in [0.3, 0.4) is 0 Å². The third kappa shape index (κ3) is 4.42. The molecule has 0 bridgehead atoms. The van der Waals surface area contributed by atoms with Gasteiger partial charge >= 0.3 is 0 Å². The Labute approximate surface area is 195 Å². The first-order valence-corrected chi connectivity index (χ1v) is 11.6. The summed E-state index contributed by atoms with van der Waals surface area (Å²) in [6.45, 7) is 4.98. The number of rotatable bonds is 7. The van der Waals surface area contributed by atoms with Crippen LogP contribution in [0.4, 0.5) is 0 Å². The van der Waals surface area contributed by atoms with E-state index < -0.39 is 0 Å².